The molecule has 148 valence electrons. The van der Waals surface area contributed by atoms with Crippen molar-refractivity contribution in [3.63, 3.8) is 0 Å². The molecule has 2 N–H and O–H groups in total. The molecule has 0 aliphatic rings. The van der Waals surface area contributed by atoms with E-state index in [-0.39, 0.29) is 0 Å². The van der Waals surface area contributed by atoms with Crippen LogP contribution in [0.25, 0.3) is 11.3 Å². The summed E-state index contributed by atoms with van der Waals surface area (Å²) in [6, 6.07) is 9.34. The Balaban J connectivity index is 1.80. The third-order valence-electron chi connectivity index (χ3n) is 3.94. The Hall–Kier alpha value is -3.07. The van der Waals surface area contributed by atoms with Gasteiger partial charge in [0.15, 0.2) is 22.5 Å². The van der Waals surface area contributed by atoms with Crippen LogP contribution >= 0.6 is 11.8 Å². The highest BCUT2D eigenvalue weighted by molar-refractivity contribution is 8.13. The molecule has 0 bridgehead atoms. The van der Waals surface area contributed by atoms with Gasteiger partial charge in [-0.2, -0.15) is 5.10 Å². The summed E-state index contributed by atoms with van der Waals surface area (Å²) in [7, 11) is 4.74. The number of aromatic amines is 1. The summed E-state index contributed by atoms with van der Waals surface area (Å²) in [6.45, 7) is 0.459. The summed E-state index contributed by atoms with van der Waals surface area (Å²) in [4.78, 5) is 4.50. The number of aliphatic imine (C=N–C) groups is 1. The number of anilines is 1. The molecule has 0 unspecified atom stereocenters. The van der Waals surface area contributed by atoms with E-state index in [1.165, 1.54) is 11.8 Å². The van der Waals surface area contributed by atoms with Crippen LogP contribution in [0.1, 0.15) is 5.76 Å². The lowest BCUT2D eigenvalue weighted by molar-refractivity contribution is 0.324. The lowest BCUT2D eigenvalue weighted by Crippen LogP contribution is -2.07. The van der Waals surface area contributed by atoms with E-state index in [1.807, 2.05) is 36.6 Å². The number of ether oxygens (including phenoxy) is 3. The molecule has 0 atom stereocenters. The molecule has 3 rings (SSSR count). The number of hydrogen-bond donors (Lipinski definition) is 2. The van der Waals surface area contributed by atoms with E-state index in [0.29, 0.717) is 29.6 Å². The van der Waals surface area contributed by atoms with Crippen LogP contribution in [0.3, 0.4) is 0 Å². The average molecular weight is 402 g/mol. The molecule has 0 fully saturated rings. The number of H-pyrrole nitrogens is 1. The van der Waals surface area contributed by atoms with Crippen LogP contribution in [0.15, 0.2) is 46.0 Å². The third-order valence-corrected chi connectivity index (χ3v) is 4.56. The van der Waals surface area contributed by atoms with E-state index in [0.717, 1.165) is 22.2 Å². The standard InChI is InChI=1S/C19H22N4O4S/c1-24-15-8-12(9-16(25-2)18(15)26-3)14-10-17(23-22-14)21-19(28-4)20-11-13-6-5-7-27-13/h5-10H,11H2,1-4H3,(H2,20,21,22,23). The second-order valence-corrected chi connectivity index (χ2v) is 6.41. The molecule has 0 aliphatic carbocycles. The molecule has 2 heterocycles. The second kappa shape index (κ2) is 9.23. The van der Waals surface area contributed by atoms with Gasteiger partial charge < -0.3 is 23.9 Å². The maximum Gasteiger partial charge on any atom is 0.203 e. The highest BCUT2D eigenvalue weighted by Gasteiger charge is 2.15. The highest BCUT2D eigenvalue weighted by Crippen LogP contribution is 2.41. The normalized spacial score (nSPS) is 11.4. The number of furan rings is 1. The monoisotopic (exact) mass is 402 g/mol. The molecular formula is C19H22N4O4S. The molecule has 0 aliphatic heterocycles. The molecule has 8 nitrogen and oxygen atoms in total. The van der Waals surface area contributed by atoms with Crippen LogP contribution in [-0.4, -0.2) is 43.0 Å². The van der Waals surface area contributed by atoms with Crippen LogP contribution in [0.4, 0.5) is 5.82 Å². The molecule has 9 heteroatoms. The Kier molecular flexibility index (Phi) is 6.49. The van der Waals surface area contributed by atoms with Crippen LogP contribution in [0.5, 0.6) is 17.2 Å². The Bertz CT molecular complexity index is 912. The first-order valence-corrected chi connectivity index (χ1v) is 9.64. The van der Waals surface area contributed by atoms with Gasteiger partial charge in [0.2, 0.25) is 5.75 Å². The molecule has 0 amide bonds. The Morgan fingerprint density at radius 3 is 2.50 bits per heavy atom. The summed E-state index contributed by atoms with van der Waals surface area (Å²) >= 11 is 1.50. The first-order chi connectivity index (χ1) is 13.7. The largest absolute Gasteiger partial charge is 0.493 e. The molecule has 0 saturated heterocycles. The maximum absolute atomic E-state index is 5.41. The number of nitrogens with one attached hydrogen (secondary N) is 2. The number of amidine groups is 1. The van der Waals surface area contributed by atoms with Gasteiger partial charge in [-0.15, -0.1) is 0 Å². The summed E-state index contributed by atoms with van der Waals surface area (Å²) in [5, 5.41) is 11.3. The van der Waals surface area contributed by atoms with Gasteiger partial charge in [-0.3, -0.25) is 10.1 Å². The van der Waals surface area contributed by atoms with Crippen molar-refractivity contribution in [3.8, 4) is 28.5 Å². The van der Waals surface area contributed by atoms with Crippen molar-refractivity contribution in [1.82, 2.24) is 10.2 Å². The van der Waals surface area contributed by atoms with Gasteiger partial charge in [0, 0.05) is 11.6 Å². The van der Waals surface area contributed by atoms with Gasteiger partial charge in [0.25, 0.3) is 0 Å². The Morgan fingerprint density at radius 1 is 1.18 bits per heavy atom. The zero-order chi connectivity index (χ0) is 19.9. The smallest absolute Gasteiger partial charge is 0.203 e. The minimum absolute atomic E-state index is 0.459. The number of nitrogens with zero attached hydrogens (tertiary/aromatic N) is 2. The Labute approximate surface area is 167 Å². The molecule has 0 radical (unpaired) electrons. The fourth-order valence-corrected chi connectivity index (χ4v) is 2.99. The molecule has 28 heavy (non-hydrogen) atoms. The van der Waals surface area contributed by atoms with E-state index < -0.39 is 0 Å². The van der Waals surface area contributed by atoms with Crippen LogP contribution < -0.4 is 19.5 Å². The van der Waals surface area contributed by atoms with Crippen molar-refractivity contribution < 1.29 is 18.6 Å². The predicted molar refractivity (Wildman–Crippen MR) is 111 cm³/mol. The molecule has 1 aromatic carbocycles. The van der Waals surface area contributed by atoms with Crippen molar-refractivity contribution in [3.05, 3.63) is 42.4 Å². The van der Waals surface area contributed by atoms with Crippen molar-refractivity contribution in [2.24, 2.45) is 4.99 Å². The predicted octanol–water partition coefficient (Wildman–Crippen LogP) is 4.03. The van der Waals surface area contributed by atoms with Gasteiger partial charge in [0.1, 0.15) is 5.76 Å². The first kappa shape index (κ1) is 19.7. The van der Waals surface area contributed by atoms with Crippen LogP contribution in [-0.2, 0) is 6.54 Å². The summed E-state index contributed by atoms with van der Waals surface area (Å²) in [5.41, 5.74) is 1.65. The molecule has 0 spiro atoms. The molecular weight excluding hydrogens is 380 g/mol. The van der Waals surface area contributed by atoms with Gasteiger partial charge in [0.05, 0.1) is 39.8 Å². The quantitative estimate of drug-likeness (QED) is 0.455. The van der Waals surface area contributed by atoms with E-state index in [4.69, 9.17) is 18.6 Å². The minimum Gasteiger partial charge on any atom is -0.493 e. The van der Waals surface area contributed by atoms with E-state index in [1.54, 1.807) is 27.6 Å². The van der Waals surface area contributed by atoms with Crippen molar-refractivity contribution in [2.45, 2.75) is 6.54 Å². The molecule has 3 aromatic rings. The van der Waals surface area contributed by atoms with Gasteiger partial charge in [-0.05, 0) is 30.5 Å². The number of thioether (sulfide) groups is 1. The van der Waals surface area contributed by atoms with Crippen LogP contribution in [0.2, 0.25) is 0 Å². The highest BCUT2D eigenvalue weighted by atomic mass is 32.2. The van der Waals surface area contributed by atoms with Crippen molar-refractivity contribution in [2.75, 3.05) is 32.9 Å². The van der Waals surface area contributed by atoms with E-state index in [9.17, 15) is 0 Å². The number of rotatable bonds is 7. The van der Waals surface area contributed by atoms with Gasteiger partial charge in [-0.1, -0.05) is 11.8 Å². The van der Waals surface area contributed by atoms with Gasteiger partial charge in [-0.25, -0.2) is 0 Å². The van der Waals surface area contributed by atoms with Crippen molar-refractivity contribution >= 4 is 22.7 Å². The third kappa shape index (κ3) is 4.42. The van der Waals surface area contributed by atoms with Crippen molar-refractivity contribution in [1.29, 1.82) is 0 Å². The van der Waals surface area contributed by atoms with E-state index in [2.05, 4.69) is 20.5 Å². The SMILES string of the molecule is COc1cc(-c2cc(NC(=NCc3ccco3)SC)n[nH]2)cc(OC)c1OC. The zero-order valence-electron chi connectivity index (χ0n) is 16.1. The molecule has 0 saturated carbocycles. The lowest BCUT2D eigenvalue weighted by atomic mass is 10.1. The topological polar surface area (TPSA) is 93.9 Å². The fraction of sp³-hybridized carbons (Fsp3) is 0.263. The van der Waals surface area contributed by atoms with E-state index >= 15 is 0 Å². The Morgan fingerprint density at radius 2 is 1.93 bits per heavy atom. The average Bonchev–Trinajstić information content (AvgIpc) is 3.41. The summed E-state index contributed by atoms with van der Waals surface area (Å²) in [6.07, 6.45) is 3.58. The number of hydrogen-bond acceptors (Lipinski definition) is 7. The minimum atomic E-state index is 0.459. The number of benzene rings is 1. The van der Waals surface area contributed by atoms with Crippen LogP contribution in [0, 0.1) is 0 Å². The fourth-order valence-electron chi connectivity index (χ4n) is 2.59. The second-order valence-electron chi connectivity index (χ2n) is 5.61. The molecule has 2 aromatic heterocycles. The summed E-state index contributed by atoms with van der Waals surface area (Å²) in [5.74, 6) is 3.14. The zero-order valence-corrected chi connectivity index (χ0v) is 16.9. The summed E-state index contributed by atoms with van der Waals surface area (Å²) < 4.78 is 21.5. The number of methoxy groups -OCH3 is 3. The number of aromatic nitrogens is 2. The maximum atomic E-state index is 5.41. The van der Waals surface area contributed by atoms with Gasteiger partial charge >= 0.3 is 0 Å². The lowest BCUT2D eigenvalue weighted by Gasteiger charge is -2.13. The first-order valence-electron chi connectivity index (χ1n) is 8.42.